The SMILES string of the molecule is [2H]C([2H])([2H])C([2H])([2H])N(c1ccc(Br)nn1)C([2H])([2H])C([2H])([2H])[2H]. The van der Waals surface area contributed by atoms with Gasteiger partial charge >= 0.3 is 0 Å². The van der Waals surface area contributed by atoms with Gasteiger partial charge in [0.2, 0.25) is 0 Å². The van der Waals surface area contributed by atoms with Gasteiger partial charge in [0.15, 0.2) is 5.82 Å². The van der Waals surface area contributed by atoms with Crippen LogP contribution in [0.3, 0.4) is 0 Å². The molecule has 0 fully saturated rings. The predicted molar refractivity (Wildman–Crippen MR) is 53.3 cm³/mol. The van der Waals surface area contributed by atoms with E-state index in [9.17, 15) is 0 Å². The molecule has 0 bridgehead atoms. The molecule has 12 heavy (non-hydrogen) atoms. The van der Waals surface area contributed by atoms with E-state index >= 15 is 0 Å². The van der Waals surface area contributed by atoms with E-state index in [0.29, 0.717) is 0 Å². The van der Waals surface area contributed by atoms with Crippen molar-refractivity contribution in [1.82, 2.24) is 10.2 Å². The highest BCUT2D eigenvalue weighted by Gasteiger charge is 2.02. The highest BCUT2D eigenvalue weighted by Crippen LogP contribution is 2.11. The molecule has 0 spiro atoms. The van der Waals surface area contributed by atoms with Crippen molar-refractivity contribution in [3.05, 3.63) is 16.7 Å². The maximum Gasteiger partial charge on any atom is 0.151 e. The number of hydrogen-bond acceptors (Lipinski definition) is 3. The van der Waals surface area contributed by atoms with Crippen LogP contribution in [0.15, 0.2) is 16.7 Å². The van der Waals surface area contributed by atoms with Gasteiger partial charge < -0.3 is 4.90 Å². The molecule has 3 nitrogen and oxygen atoms in total. The fraction of sp³-hybridized carbons (Fsp3) is 0.500. The molecule has 0 aliphatic heterocycles. The van der Waals surface area contributed by atoms with Crippen LogP contribution in [0.5, 0.6) is 0 Å². The second-order valence-corrected chi connectivity index (χ2v) is 2.59. The van der Waals surface area contributed by atoms with E-state index in [1.165, 1.54) is 6.07 Å². The van der Waals surface area contributed by atoms with Gasteiger partial charge in [-0.25, -0.2) is 0 Å². The Kier molecular flexibility index (Phi) is 0.980. The van der Waals surface area contributed by atoms with Crippen molar-refractivity contribution in [3.63, 3.8) is 0 Å². The van der Waals surface area contributed by atoms with Crippen molar-refractivity contribution < 1.29 is 13.7 Å². The first-order valence-corrected chi connectivity index (χ1v) is 3.71. The minimum absolute atomic E-state index is 0.0144. The van der Waals surface area contributed by atoms with Crippen LogP contribution in [0.4, 0.5) is 5.82 Å². The largest absolute Gasteiger partial charge is 0.356 e. The lowest BCUT2D eigenvalue weighted by Crippen LogP contribution is -2.23. The summed E-state index contributed by atoms with van der Waals surface area (Å²) in [6, 6.07) is 2.34. The van der Waals surface area contributed by atoms with E-state index < -0.39 is 32.5 Å². The summed E-state index contributed by atoms with van der Waals surface area (Å²) in [6.07, 6.45) is 0. The fourth-order valence-electron chi connectivity index (χ4n) is 0.571. The molecule has 1 aromatic heterocycles. The van der Waals surface area contributed by atoms with Crippen LogP contribution < -0.4 is 4.90 Å². The van der Waals surface area contributed by atoms with Gasteiger partial charge in [-0.15, -0.1) is 10.2 Å². The van der Waals surface area contributed by atoms with E-state index in [1.54, 1.807) is 0 Å². The van der Waals surface area contributed by atoms with Gasteiger partial charge in [-0.3, -0.25) is 0 Å². The van der Waals surface area contributed by atoms with Crippen LogP contribution in [0.1, 0.15) is 27.4 Å². The summed E-state index contributed by atoms with van der Waals surface area (Å²) in [7, 11) is 0. The van der Waals surface area contributed by atoms with Crippen molar-refractivity contribution in [1.29, 1.82) is 0 Å². The second-order valence-electron chi connectivity index (χ2n) is 1.77. The Morgan fingerprint density at radius 1 is 1.50 bits per heavy atom. The molecule has 0 aliphatic rings. The fourth-order valence-corrected chi connectivity index (χ4v) is 0.782. The van der Waals surface area contributed by atoms with Crippen LogP contribution >= 0.6 is 15.9 Å². The molecular weight excluding hydrogens is 218 g/mol. The zero-order valence-electron chi connectivity index (χ0n) is 15.9. The van der Waals surface area contributed by atoms with Crippen LogP contribution in [0.25, 0.3) is 0 Å². The highest BCUT2D eigenvalue weighted by atomic mass is 79.9. The van der Waals surface area contributed by atoms with Gasteiger partial charge in [-0.2, -0.15) is 0 Å². The Labute approximate surface area is 95.0 Å². The van der Waals surface area contributed by atoms with Gasteiger partial charge in [0, 0.05) is 26.7 Å². The van der Waals surface area contributed by atoms with Crippen LogP contribution in [0.2, 0.25) is 0 Å². The topological polar surface area (TPSA) is 29.0 Å². The zero-order valence-corrected chi connectivity index (χ0v) is 7.46. The van der Waals surface area contributed by atoms with Crippen molar-refractivity contribution >= 4 is 21.7 Å². The maximum absolute atomic E-state index is 7.72. The summed E-state index contributed by atoms with van der Waals surface area (Å²) in [5.74, 6) is -0.551. The monoisotopic (exact) mass is 239 g/mol. The Bertz CT molecular complexity index is 496. The van der Waals surface area contributed by atoms with Gasteiger partial charge in [-0.1, -0.05) is 0 Å². The third-order valence-corrected chi connectivity index (χ3v) is 1.49. The van der Waals surface area contributed by atoms with Crippen molar-refractivity contribution in [2.24, 2.45) is 0 Å². The summed E-state index contributed by atoms with van der Waals surface area (Å²) in [5, 5.41) is 7.00. The van der Waals surface area contributed by atoms with Crippen LogP contribution in [-0.2, 0) is 0 Å². The van der Waals surface area contributed by atoms with Gasteiger partial charge in [0.1, 0.15) is 4.60 Å². The van der Waals surface area contributed by atoms with Gasteiger partial charge in [-0.05, 0) is 41.8 Å². The Hall–Kier alpha value is -0.640. The van der Waals surface area contributed by atoms with Crippen molar-refractivity contribution in [3.8, 4) is 0 Å². The number of rotatable bonds is 3. The van der Waals surface area contributed by atoms with Crippen molar-refractivity contribution in [2.75, 3.05) is 17.9 Å². The molecule has 0 atom stereocenters. The minimum Gasteiger partial charge on any atom is -0.356 e. The predicted octanol–water partition coefficient (Wildman–Crippen LogP) is 2.09. The molecule has 0 radical (unpaired) electrons. The van der Waals surface area contributed by atoms with Gasteiger partial charge in [0.25, 0.3) is 0 Å². The summed E-state index contributed by atoms with van der Waals surface area (Å²) in [5.41, 5.74) is 0. The Morgan fingerprint density at radius 3 is 2.75 bits per heavy atom. The molecule has 0 amide bonds. The summed E-state index contributed by atoms with van der Waals surface area (Å²) >= 11 is 2.97. The molecular formula is C8H12BrN3. The number of nitrogens with zero attached hydrogens (tertiary/aromatic N) is 3. The third kappa shape index (κ3) is 2.17. The van der Waals surface area contributed by atoms with E-state index in [4.69, 9.17) is 13.7 Å². The van der Waals surface area contributed by atoms with E-state index in [1.807, 2.05) is 0 Å². The normalized spacial score (nSPS) is 26.8. The standard InChI is InChI=1S/C8H12BrN3/c1-3-12(4-2)8-6-5-7(9)10-11-8/h5-6H,3-4H2,1-2H3/i1D3,2D3,3D2,4D2. The summed E-state index contributed by atoms with van der Waals surface area (Å²) in [4.78, 5) is -0.0144. The molecule has 66 valence electrons. The number of anilines is 1. The number of hydrogen-bond donors (Lipinski definition) is 0. The molecule has 1 heterocycles. The molecule has 4 heteroatoms. The second kappa shape index (κ2) is 4.40. The van der Waals surface area contributed by atoms with Crippen molar-refractivity contribution in [2.45, 2.75) is 13.7 Å². The van der Waals surface area contributed by atoms with Crippen LogP contribution in [-0.4, -0.2) is 23.2 Å². The first-order chi connectivity index (χ1) is 9.62. The lowest BCUT2D eigenvalue weighted by molar-refractivity contribution is 0.821. The van der Waals surface area contributed by atoms with Crippen LogP contribution in [0, 0.1) is 0 Å². The Morgan fingerprint density at radius 2 is 2.25 bits per heavy atom. The maximum atomic E-state index is 7.72. The average molecular weight is 240 g/mol. The number of aromatic nitrogens is 2. The zero-order chi connectivity index (χ0) is 17.6. The molecule has 0 aliphatic carbocycles. The number of halogens is 1. The quantitative estimate of drug-likeness (QED) is 0.810. The molecule has 0 N–H and O–H groups in total. The first-order valence-electron chi connectivity index (χ1n) is 7.92. The van der Waals surface area contributed by atoms with Gasteiger partial charge in [0.05, 0.1) is 0 Å². The van der Waals surface area contributed by atoms with E-state index in [2.05, 4.69) is 26.1 Å². The Balaban J connectivity index is 3.57. The smallest absolute Gasteiger partial charge is 0.151 e. The molecule has 1 aromatic rings. The lowest BCUT2D eigenvalue weighted by Gasteiger charge is -2.18. The first kappa shape index (κ1) is 2.67. The molecule has 1 rings (SSSR count). The highest BCUT2D eigenvalue weighted by molar-refractivity contribution is 9.10. The lowest BCUT2D eigenvalue weighted by atomic mass is 10.4. The van der Waals surface area contributed by atoms with E-state index in [0.717, 1.165) is 6.07 Å². The minimum atomic E-state index is -3.33. The summed E-state index contributed by atoms with van der Waals surface area (Å²) < 4.78 is 74.6. The third-order valence-electron chi connectivity index (χ3n) is 1.07. The molecule has 0 unspecified atom stereocenters. The molecule has 0 aromatic carbocycles. The van der Waals surface area contributed by atoms with E-state index in [-0.39, 0.29) is 9.50 Å². The summed E-state index contributed by atoms with van der Waals surface area (Å²) in [6.45, 7) is -13.3. The molecule has 0 saturated heterocycles. The average Bonchev–Trinajstić information content (AvgIpc) is 2.28. The molecule has 0 saturated carbocycles.